The molecule has 0 amide bonds. The van der Waals surface area contributed by atoms with Crippen LogP contribution in [0.1, 0.15) is 22.3 Å². The molecule has 2 aromatic carbocycles. The molecule has 0 saturated carbocycles. The summed E-state index contributed by atoms with van der Waals surface area (Å²) < 4.78 is 157. The van der Waals surface area contributed by atoms with Crippen LogP contribution in [0.5, 0.6) is 0 Å². The average molecular weight is 584 g/mol. The molecule has 0 aliphatic heterocycles. The van der Waals surface area contributed by atoms with Gasteiger partial charge in [0.25, 0.3) is 0 Å². The van der Waals surface area contributed by atoms with E-state index in [1.807, 2.05) is 0 Å². The Bertz CT molecular complexity index is 1100. The predicted molar refractivity (Wildman–Crippen MR) is 98.4 cm³/mol. The van der Waals surface area contributed by atoms with Crippen molar-refractivity contribution >= 4 is 15.9 Å². The summed E-state index contributed by atoms with van der Waals surface area (Å²) in [6.07, 6.45) is -20.9. The molecule has 0 atom stereocenters. The zero-order valence-corrected chi connectivity index (χ0v) is 17.8. The molecule has 188 valence electrons. The molecule has 0 aliphatic rings. The number of alkyl halides is 12. The van der Waals surface area contributed by atoms with Crippen LogP contribution in [-0.2, 0) is 24.7 Å². The van der Waals surface area contributed by atoms with Crippen LogP contribution in [0, 0.1) is 0 Å². The maximum atomic E-state index is 13.1. The van der Waals surface area contributed by atoms with Crippen molar-refractivity contribution in [2.75, 3.05) is 0 Å². The lowest BCUT2D eigenvalue weighted by molar-refractivity contribution is -0.144. The van der Waals surface area contributed by atoms with Crippen molar-refractivity contribution in [3.05, 3.63) is 63.4 Å². The molecule has 0 bridgehead atoms. The van der Waals surface area contributed by atoms with Gasteiger partial charge in [-0.15, -0.1) is 0 Å². The van der Waals surface area contributed by atoms with Crippen LogP contribution in [0.4, 0.5) is 52.7 Å². The number of nitrogens with zero attached hydrogens (tertiary/aromatic N) is 3. The van der Waals surface area contributed by atoms with Crippen molar-refractivity contribution in [2.24, 2.45) is 0 Å². The molecule has 35 heavy (non-hydrogen) atoms. The monoisotopic (exact) mass is 583 g/mol. The largest absolute Gasteiger partial charge is 0.416 e. The van der Waals surface area contributed by atoms with Crippen LogP contribution in [0.2, 0.25) is 0 Å². The number of aromatic nitrogens is 3. The second-order valence-electron chi connectivity index (χ2n) is 6.84. The second kappa shape index (κ2) is 8.64. The Balaban J connectivity index is 2.27. The molecular formula is C19H6BrF12N3. The second-order valence-corrected chi connectivity index (χ2v) is 7.55. The van der Waals surface area contributed by atoms with Gasteiger partial charge in [-0.3, -0.25) is 0 Å². The first-order chi connectivity index (χ1) is 15.7. The summed E-state index contributed by atoms with van der Waals surface area (Å²) in [7, 11) is 0. The molecule has 0 radical (unpaired) electrons. The Morgan fingerprint density at radius 3 is 0.914 bits per heavy atom. The summed E-state index contributed by atoms with van der Waals surface area (Å²) in [6, 6.07) is 0.621. The van der Waals surface area contributed by atoms with Crippen LogP contribution < -0.4 is 0 Å². The summed E-state index contributed by atoms with van der Waals surface area (Å²) in [5.74, 6) is -1.74. The zero-order valence-electron chi connectivity index (χ0n) is 16.2. The van der Waals surface area contributed by atoms with Crippen LogP contribution in [-0.4, -0.2) is 15.0 Å². The maximum absolute atomic E-state index is 13.1. The lowest BCUT2D eigenvalue weighted by Gasteiger charge is -2.15. The van der Waals surface area contributed by atoms with Gasteiger partial charge >= 0.3 is 24.7 Å². The molecule has 1 aromatic heterocycles. The third-order valence-electron chi connectivity index (χ3n) is 4.30. The lowest BCUT2D eigenvalue weighted by atomic mass is 10.0. The molecule has 0 fully saturated rings. The summed E-state index contributed by atoms with van der Waals surface area (Å²) in [6.45, 7) is 0. The first-order valence-electron chi connectivity index (χ1n) is 8.76. The van der Waals surface area contributed by atoms with Crippen LogP contribution in [0.15, 0.2) is 41.1 Å². The Morgan fingerprint density at radius 2 is 0.686 bits per heavy atom. The van der Waals surface area contributed by atoms with Gasteiger partial charge in [-0.1, -0.05) is 0 Å². The summed E-state index contributed by atoms with van der Waals surface area (Å²) in [5, 5.41) is 0. The van der Waals surface area contributed by atoms with E-state index in [-0.39, 0.29) is 36.4 Å². The molecule has 0 N–H and O–H groups in total. The van der Waals surface area contributed by atoms with Crippen molar-refractivity contribution < 1.29 is 52.7 Å². The van der Waals surface area contributed by atoms with E-state index < -0.39 is 74.5 Å². The number of benzene rings is 2. The molecule has 0 unspecified atom stereocenters. The summed E-state index contributed by atoms with van der Waals surface area (Å²) in [4.78, 5) is 10.6. The van der Waals surface area contributed by atoms with Crippen molar-refractivity contribution in [3.8, 4) is 22.8 Å². The van der Waals surface area contributed by atoms with Crippen molar-refractivity contribution in [1.82, 2.24) is 15.0 Å². The van der Waals surface area contributed by atoms with Crippen LogP contribution in [0.3, 0.4) is 0 Å². The fourth-order valence-corrected chi connectivity index (χ4v) is 3.11. The van der Waals surface area contributed by atoms with E-state index >= 15 is 0 Å². The van der Waals surface area contributed by atoms with E-state index in [1.165, 1.54) is 0 Å². The van der Waals surface area contributed by atoms with E-state index in [0.717, 1.165) is 0 Å². The van der Waals surface area contributed by atoms with E-state index in [0.29, 0.717) is 0 Å². The van der Waals surface area contributed by atoms with Gasteiger partial charge in [-0.2, -0.15) is 52.7 Å². The molecule has 0 spiro atoms. The summed E-state index contributed by atoms with van der Waals surface area (Å²) >= 11 is 2.69. The van der Waals surface area contributed by atoms with E-state index in [2.05, 4.69) is 30.9 Å². The highest BCUT2D eigenvalue weighted by molar-refractivity contribution is 9.10. The van der Waals surface area contributed by atoms with Crippen molar-refractivity contribution in [1.29, 1.82) is 0 Å². The Kier molecular flexibility index (Phi) is 6.59. The highest BCUT2D eigenvalue weighted by Gasteiger charge is 2.39. The highest BCUT2D eigenvalue weighted by atomic mass is 79.9. The molecule has 16 heteroatoms. The van der Waals surface area contributed by atoms with E-state index in [1.54, 1.807) is 0 Å². The number of rotatable bonds is 2. The first-order valence-corrected chi connectivity index (χ1v) is 9.56. The fraction of sp³-hybridized carbons (Fsp3) is 0.211. The first kappa shape index (κ1) is 26.7. The van der Waals surface area contributed by atoms with Crippen LogP contribution in [0.25, 0.3) is 22.8 Å². The molecule has 3 rings (SSSR count). The molecule has 3 nitrogen and oxygen atoms in total. The maximum Gasteiger partial charge on any atom is 0.416 e. The lowest BCUT2D eigenvalue weighted by Crippen LogP contribution is -2.12. The zero-order chi connectivity index (χ0) is 26.6. The average Bonchev–Trinajstić information content (AvgIpc) is 2.70. The predicted octanol–water partition coefficient (Wildman–Crippen LogP) is 8.04. The van der Waals surface area contributed by atoms with Gasteiger partial charge in [-0.05, 0) is 52.3 Å². The third-order valence-corrected chi connectivity index (χ3v) is 4.65. The minimum absolute atomic E-state index is 0.178. The Hall–Kier alpha value is -2.91. The van der Waals surface area contributed by atoms with Crippen LogP contribution >= 0.6 is 15.9 Å². The number of hydrogen-bond donors (Lipinski definition) is 0. The van der Waals surface area contributed by atoms with Gasteiger partial charge in [0.2, 0.25) is 4.73 Å². The van der Waals surface area contributed by atoms with E-state index in [4.69, 9.17) is 0 Å². The van der Waals surface area contributed by atoms with Gasteiger partial charge in [-0.25, -0.2) is 15.0 Å². The number of hydrogen-bond acceptors (Lipinski definition) is 3. The molecular weight excluding hydrogens is 578 g/mol. The van der Waals surface area contributed by atoms with Gasteiger partial charge in [0, 0.05) is 11.1 Å². The topological polar surface area (TPSA) is 38.7 Å². The molecule has 0 aliphatic carbocycles. The Labute approximate surface area is 195 Å². The smallest absolute Gasteiger partial charge is 0.208 e. The van der Waals surface area contributed by atoms with E-state index in [9.17, 15) is 52.7 Å². The summed E-state index contributed by atoms with van der Waals surface area (Å²) in [5.41, 5.74) is -8.67. The minimum atomic E-state index is -5.23. The quantitative estimate of drug-likeness (QED) is 0.287. The van der Waals surface area contributed by atoms with Crippen molar-refractivity contribution in [3.63, 3.8) is 0 Å². The van der Waals surface area contributed by atoms with Gasteiger partial charge in [0.1, 0.15) is 0 Å². The normalized spacial score (nSPS) is 13.3. The molecule has 1 heterocycles. The SMILES string of the molecule is FC(F)(F)c1cc(-c2nc(Br)nc(-c3cc(C(F)(F)F)cc(C(F)(F)F)c3)n2)cc(C(F)(F)F)c1. The third kappa shape index (κ3) is 6.21. The minimum Gasteiger partial charge on any atom is -0.208 e. The standard InChI is InChI=1S/C19H6BrF12N3/c20-15-34-13(7-1-9(16(21,22)23)5-10(2-7)17(24,25)26)33-14(35-15)8-3-11(18(27,28)29)6-12(4-8)19(30,31)32/h1-6H. The fourth-order valence-electron chi connectivity index (χ4n) is 2.78. The molecule has 0 saturated heterocycles. The van der Waals surface area contributed by atoms with Gasteiger partial charge in [0.15, 0.2) is 11.6 Å². The Morgan fingerprint density at radius 1 is 0.429 bits per heavy atom. The van der Waals surface area contributed by atoms with Crippen molar-refractivity contribution in [2.45, 2.75) is 24.7 Å². The van der Waals surface area contributed by atoms with Gasteiger partial charge in [0.05, 0.1) is 22.3 Å². The van der Waals surface area contributed by atoms with Gasteiger partial charge < -0.3 is 0 Å². The number of halogens is 13. The molecule has 3 aromatic rings. The highest BCUT2D eigenvalue weighted by Crippen LogP contribution is 2.40.